The quantitative estimate of drug-likeness (QED) is 0.710. The highest BCUT2D eigenvalue weighted by Crippen LogP contribution is 2.31. The molecule has 6 heteroatoms. The third-order valence-electron chi connectivity index (χ3n) is 3.42. The molecule has 4 N–H and O–H groups in total. The van der Waals surface area contributed by atoms with E-state index in [1.165, 1.54) is 6.07 Å². The Balaban J connectivity index is 2.25. The van der Waals surface area contributed by atoms with E-state index < -0.39 is 11.2 Å². The van der Waals surface area contributed by atoms with Gasteiger partial charge in [0.15, 0.2) is 11.0 Å². The van der Waals surface area contributed by atoms with Crippen molar-refractivity contribution in [1.82, 2.24) is 0 Å². The van der Waals surface area contributed by atoms with Crippen LogP contribution in [-0.2, 0) is 0 Å². The summed E-state index contributed by atoms with van der Waals surface area (Å²) in [5.74, 6) is 0.255. The summed E-state index contributed by atoms with van der Waals surface area (Å²) in [6.45, 7) is 0. The lowest BCUT2D eigenvalue weighted by Crippen LogP contribution is -2.06. The van der Waals surface area contributed by atoms with E-state index in [1.807, 2.05) is 0 Å². The average molecular weight is 300 g/mol. The van der Waals surface area contributed by atoms with Crippen molar-refractivity contribution < 1.29 is 13.5 Å². The van der Waals surface area contributed by atoms with Crippen molar-refractivity contribution in [3.8, 4) is 17.1 Å². The maximum absolute atomic E-state index is 13.6. The first-order valence-electron chi connectivity index (χ1n) is 6.47. The van der Waals surface area contributed by atoms with Crippen molar-refractivity contribution in [1.29, 1.82) is 0 Å². The highest BCUT2D eigenvalue weighted by atomic mass is 19.1. The molecule has 0 amide bonds. The van der Waals surface area contributed by atoms with Crippen molar-refractivity contribution in [2.75, 3.05) is 18.6 Å². The van der Waals surface area contributed by atoms with E-state index in [9.17, 15) is 9.18 Å². The summed E-state index contributed by atoms with van der Waals surface area (Å²) >= 11 is 0. The Morgan fingerprint density at radius 2 is 1.77 bits per heavy atom. The first-order valence-corrected chi connectivity index (χ1v) is 6.47. The number of rotatable bonds is 2. The SMILES string of the molecule is COc1ccc(-c2cc(=O)c3cc(F)c(N)c(N)c3o2)cc1. The van der Waals surface area contributed by atoms with Crippen LogP contribution in [0.5, 0.6) is 5.75 Å². The Bertz CT molecular complexity index is 917. The van der Waals surface area contributed by atoms with Crippen LogP contribution in [0, 0.1) is 5.82 Å². The molecule has 0 fully saturated rings. The Morgan fingerprint density at radius 1 is 1.09 bits per heavy atom. The second-order valence-electron chi connectivity index (χ2n) is 4.77. The van der Waals surface area contributed by atoms with Gasteiger partial charge < -0.3 is 20.6 Å². The first-order chi connectivity index (χ1) is 10.5. The van der Waals surface area contributed by atoms with E-state index in [-0.39, 0.29) is 22.3 Å². The maximum Gasteiger partial charge on any atom is 0.193 e. The molecule has 0 saturated carbocycles. The van der Waals surface area contributed by atoms with Gasteiger partial charge in [0.05, 0.1) is 18.2 Å². The Morgan fingerprint density at radius 3 is 2.41 bits per heavy atom. The zero-order chi connectivity index (χ0) is 15.9. The molecule has 0 aliphatic heterocycles. The van der Waals surface area contributed by atoms with Crippen molar-refractivity contribution in [3.05, 3.63) is 52.4 Å². The number of halogens is 1. The molecule has 2 aromatic carbocycles. The van der Waals surface area contributed by atoms with Crippen molar-refractivity contribution in [2.24, 2.45) is 0 Å². The number of anilines is 2. The molecule has 5 nitrogen and oxygen atoms in total. The maximum atomic E-state index is 13.6. The lowest BCUT2D eigenvalue weighted by molar-refractivity contribution is 0.415. The molecule has 112 valence electrons. The fourth-order valence-electron chi connectivity index (χ4n) is 2.19. The average Bonchev–Trinajstić information content (AvgIpc) is 2.54. The molecule has 0 aliphatic carbocycles. The predicted octanol–water partition coefficient (Wildman–Crippen LogP) is 2.77. The minimum atomic E-state index is -0.741. The number of hydrogen-bond donors (Lipinski definition) is 2. The highest BCUT2D eigenvalue weighted by Gasteiger charge is 2.15. The summed E-state index contributed by atoms with van der Waals surface area (Å²) < 4.78 is 24.3. The number of nitrogen functional groups attached to an aromatic ring is 2. The van der Waals surface area contributed by atoms with Crippen LogP contribution in [-0.4, -0.2) is 7.11 Å². The van der Waals surface area contributed by atoms with Crippen molar-refractivity contribution >= 4 is 22.3 Å². The fourth-order valence-corrected chi connectivity index (χ4v) is 2.19. The zero-order valence-corrected chi connectivity index (χ0v) is 11.7. The van der Waals surface area contributed by atoms with Crippen molar-refractivity contribution in [2.45, 2.75) is 0 Å². The molecule has 0 unspecified atom stereocenters. The van der Waals surface area contributed by atoms with Gasteiger partial charge in [-0.2, -0.15) is 0 Å². The lowest BCUT2D eigenvalue weighted by atomic mass is 10.1. The molecule has 0 atom stereocenters. The van der Waals surface area contributed by atoms with Gasteiger partial charge in [-0.1, -0.05) is 0 Å². The van der Waals surface area contributed by atoms with Gasteiger partial charge in [-0.25, -0.2) is 4.39 Å². The van der Waals surface area contributed by atoms with E-state index in [0.717, 1.165) is 6.07 Å². The third kappa shape index (κ3) is 2.14. The zero-order valence-electron chi connectivity index (χ0n) is 11.7. The summed E-state index contributed by atoms with van der Waals surface area (Å²) in [5.41, 5.74) is 11.4. The molecule has 1 aromatic heterocycles. The van der Waals surface area contributed by atoms with Gasteiger partial charge in [0.25, 0.3) is 0 Å². The molecule has 0 aliphatic rings. The molecular formula is C16H13FN2O3. The topological polar surface area (TPSA) is 91.5 Å². The molecule has 0 radical (unpaired) electrons. The molecule has 0 saturated heterocycles. The number of methoxy groups -OCH3 is 1. The molecular weight excluding hydrogens is 287 g/mol. The molecule has 3 aromatic rings. The van der Waals surface area contributed by atoms with Gasteiger partial charge in [0.1, 0.15) is 23.0 Å². The van der Waals surface area contributed by atoms with E-state index in [4.69, 9.17) is 20.6 Å². The van der Waals surface area contributed by atoms with E-state index in [0.29, 0.717) is 17.1 Å². The molecule has 1 heterocycles. The van der Waals surface area contributed by atoms with E-state index in [1.54, 1.807) is 31.4 Å². The second kappa shape index (κ2) is 5.07. The molecule has 0 bridgehead atoms. The Labute approximate surface area is 124 Å². The third-order valence-corrected chi connectivity index (χ3v) is 3.42. The van der Waals surface area contributed by atoms with E-state index in [2.05, 4.69) is 0 Å². The monoisotopic (exact) mass is 300 g/mol. The number of hydrogen-bond acceptors (Lipinski definition) is 5. The van der Waals surface area contributed by atoms with Crippen LogP contribution in [0.15, 0.2) is 45.6 Å². The van der Waals surface area contributed by atoms with Crippen LogP contribution >= 0.6 is 0 Å². The smallest absolute Gasteiger partial charge is 0.193 e. The fraction of sp³-hybridized carbons (Fsp3) is 0.0625. The molecule has 3 rings (SSSR count). The number of nitrogens with two attached hydrogens (primary N) is 2. The van der Waals surface area contributed by atoms with Gasteiger partial charge in [-0.3, -0.25) is 4.79 Å². The predicted molar refractivity (Wildman–Crippen MR) is 83.3 cm³/mol. The lowest BCUT2D eigenvalue weighted by Gasteiger charge is -2.08. The van der Waals surface area contributed by atoms with E-state index >= 15 is 0 Å². The summed E-state index contributed by atoms with van der Waals surface area (Å²) in [4.78, 5) is 12.2. The van der Waals surface area contributed by atoms with Crippen LogP contribution in [0.1, 0.15) is 0 Å². The number of ether oxygens (including phenoxy) is 1. The largest absolute Gasteiger partial charge is 0.497 e. The van der Waals surface area contributed by atoms with Gasteiger partial charge >= 0.3 is 0 Å². The normalized spacial score (nSPS) is 10.8. The highest BCUT2D eigenvalue weighted by molar-refractivity contribution is 5.94. The van der Waals surface area contributed by atoms with Crippen LogP contribution in [0.25, 0.3) is 22.3 Å². The number of benzene rings is 2. The van der Waals surface area contributed by atoms with Gasteiger partial charge in [-0.05, 0) is 30.3 Å². The van der Waals surface area contributed by atoms with Crippen molar-refractivity contribution in [3.63, 3.8) is 0 Å². The molecule has 22 heavy (non-hydrogen) atoms. The summed E-state index contributed by atoms with van der Waals surface area (Å²) in [6.07, 6.45) is 0. The van der Waals surface area contributed by atoms with Gasteiger partial charge in [0, 0.05) is 11.6 Å². The minimum absolute atomic E-state index is 0.0569. The standard InChI is InChI=1S/C16H13FN2O3/c1-21-9-4-2-8(3-5-9)13-7-12(20)10-6-11(17)14(18)15(19)16(10)22-13/h2-7H,18-19H2,1H3. The van der Waals surface area contributed by atoms with Crippen LogP contribution < -0.4 is 21.6 Å². The molecule has 0 spiro atoms. The first kappa shape index (κ1) is 13.9. The summed E-state index contributed by atoms with van der Waals surface area (Å²) in [7, 11) is 1.56. The van der Waals surface area contributed by atoms with Crippen LogP contribution in [0.3, 0.4) is 0 Å². The second-order valence-corrected chi connectivity index (χ2v) is 4.77. The minimum Gasteiger partial charge on any atom is -0.497 e. The number of fused-ring (bicyclic) bond motifs is 1. The Hall–Kier alpha value is -3.02. The summed E-state index contributed by atoms with van der Waals surface area (Å²) in [5, 5.41) is 0.0569. The van der Waals surface area contributed by atoms with Crippen LogP contribution in [0.2, 0.25) is 0 Å². The van der Waals surface area contributed by atoms with Crippen LogP contribution in [0.4, 0.5) is 15.8 Å². The van der Waals surface area contributed by atoms with Gasteiger partial charge in [-0.15, -0.1) is 0 Å². The Kier molecular flexibility index (Phi) is 3.21. The summed E-state index contributed by atoms with van der Waals surface area (Å²) in [6, 6.07) is 9.28. The van der Waals surface area contributed by atoms with Gasteiger partial charge in [0.2, 0.25) is 0 Å².